The van der Waals surface area contributed by atoms with Crippen LogP contribution in [-0.4, -0.2) is 36.5 Å². The fourth-order valence-corrected chi connectivity index (χ4v) is 6.64. The zero-order valence-electron chi connectivity index (χ0n) is 20.1. The quantitative estimate of drug-likeness (QED) is 0.297. The monoisotopic (exact) mass is 718 g/mol. The highest BCUT2D eigenvalue weighted by atomic mass is 127. The van der Waals surface area contributed by atoms with Gasteiger partial charge in [-0.05, 0) is 72.3 Å². The third-order valence-electron chi connectivity index (χ3n) is 5.66. The summed E-state index contributed by atoms with van der Waals surface area (Å²) in [6.45, 7) is 3.58. The van der Waals surface area contributed by atoms with Crippen LogP contribution in [0.1, 0.15) is 31.0 Å². The molecule has 0 bridgehead atoms. The Balaban J connectivity index is 2.04. The summed E-state index contributed by atoms with van der Waals surface area (Å²) in [7, 11) is 3.03. The SMILES string of the molecule is CCOC(=O)C1=C(C)N=c2s/c(=C\c3cc(Cl)cc(I)c3O)c(=O)n2[C@H]1c1cc(OC)c(OC)cc1Br. The lowest BCUT2D eigenvalue weighted by atomic mass is 9.95. The normalized spacial score (nSPS) is 15.3. The number of benzene rings is 2. The van der Waals surface area contributed by atoms with Gasteiger partial charge in [-0.1, -0.05) is 38.9 Å². The maximum atomic E-state index is 13.8. The second kappa shape index (κ2) is 11.2. The van der Waals surface area contributed by atoms with Crippen molar-refractivity contribution in [3.8, 4) is 17.2 Å². The first-order valence-corrected chi connectivity index (χ1v) is 14.0. The Bertz CT molecular complexity index is 1630. The Hall–Kier alpha value is -2.35. The second-order valence-corrected chi connectivity index (χ2v) is 11.3. The molecule has 194 valence electrons. The van der Waals surface area contributed by atoms with Crippen molar-refractivity contribution < 1.29 is 24.1 Å². The van der Waals surface area contributed by atoms with Gasteiger partial charge in [0, 0.05) is 15.1 Å². The average Bonchev–Trinajstić information content (AvgIpc) is 3.15. The first kappa shape index (κ1) is 27.7. The molecule has 0 amide bonds. The van der Waals surface area contributed by atoms with E-state index >= 15 is 0 Å². The van der Waals surface area contributed by atoms with E-state index in [-0.39, 0.29) is 23.5 Å². The molecule has 0 saturated carbocycles. The second-order valence-electron chi connectivity index (χ2n) is 7.86. The van der Waals surface area contributed by atoms with Crippen molar-refractivity contribution >= 4 is 73.5 Å². The molecule has 37 heavy (non-hydrogen) atoms. The van der Waals surface area contributed by atoms with Gasteiger partial charge in [0.15, 0.2) is 16.3 Å². The number of nitrogens with zero attached hydrogens (tertiary/aromatic N) is 2. The lowest BCUT2D eigenvalue weighted by Gasteiger charge is -2.26. The van der Waals surface area contributed by atoms with Crippen LogP contribution in [-0.2, 0) is 9.53 Å². The van der Waals surface area contributed by atoms with E-state index in [1.807, 2.05) is 22.6 Å². The van der Waals surface area contributed by atoms with Gasteiger partial charge in [0.1, 0.15) is 5.75 Å². The molecule has 0 fully saturated rings. The Morgan fingerprint density at radius 1 is 1.27 bits per heavy atom. The number of rotatable bonds is 6. The van der Waals surface area contributed by atoms with Crippen LogP contribution in [0.3, 0.4) is 0 Å². The summed E-state index contributed by atoms with van der Waals surface area (Å²) in [5.74, 6) is 0.347. The summed E-state index contributed by atoms with van der Waals surface area (Å²) in [5, 5.41) is 11.0. The van der Waals surface area contributed by atoms with E-state index in [0.29, 0.717) is 50.7 Å². The third kappa shape index (κ3) is 5.18. The topological polar surface area (TPSA) is 99.4 Å². The molecule has 2 heterocycles. The molecule has 12 heteroatoms. The van der Waals surface area contributed by atoms with E-state index in [0.717, 1.165) is 11.3 Å². The number of ether oxygens (including phenoxy) is 3. The van der Waals surface area contributed by atoms with Crippen LogP contribution in [0.4, 0.5) is 0 Å². The number of allylic oxidation sites excluding steroid dienone is 1. The number of hydrogen-bond acceptors (Lipinski definition) is 8. The van der Waals surface area contributed by atoms with Crippen molar-refractivity contribution in [3.05, 3.63) is 79.4 Å². The Morgan fingerprint density at radius 2 is 1.95 bits per heavy atom. The number of halogens is 3. The van der Waals surface area contributed by atoms with E-state index in [9.17, 15) is 14.7 Å². The summed E-state index contributed by atoms with van der Waals surface area (Å²) in [6, 6.07) is 5.77. The molecule has 0 unspecified atom stereocenters. The molecule has 3 aromatic rings. The largest absolute Gasteiger partial charge is 0.506 e. The van der Waals surface area contributed by atoms with Crippen LogP contribution < -0.4 is 24.4 Å². The van der Waals surface area contributed by atoms with Gasteiger partial charge in [-0.3, -0.25) is 9.36 Å². The molecule has 0 saturated heterocycles. The first-order valence-electron chi connectivity index (χ1n) is 10.9. The smallest absolute Gasteiger partial charge is 0.338 e. The number of esters is 1. The minimum absolute atomic E-state index is 0.0124. The standard InChI is InChI=1S/C25H21BrClIN2O6S/c1-5-36-24(33)20-11(2)29-25-30(21(20)14-9-17(34-3)18(35-4)10-15(14)26)23(32)19(37-25)7-12-6-13(27)8-16(28)22(12)31/h6-10,21,31H,5H2,1-4H3/b19-7-/t21-/m0/s1. The molecular weight excluding hydrogens is 699 g/mol. The highest BCUT2D eigenvalue weighted by molar-refractivity contribution is 14.1. The van der Waals surface area contributed by atoms with E-state index in [2.05, 4.69) is 20.9 Å². The molecule has 2 aromatic carbocycles. The Kier molecular flexibility index (Phi) is 8.36. The van der Waals surface area contributed by atoms with E-state index in [1.54, 1.807) is 44.2 Å². The Labute approximate surface area is 243 Å². The molecule has 0 aliphatic carbocycles. The summed E-state index contributed by atoms with van der Waals surface area (Å²) in [5.41, 5.74) is 1.25. The third-order valence-corrected chi connectivity index (χ3v) is 8.37. The number of aromatic nitrogens is 1. The van der Waals surface area contributed by atoms with Crippen molar-refractivity contribution in [1.29, 1.82) is 0 Å². The molecule has 0 spiro atoms. The van der Waals surface area contributed by atoms with Gasteiger partial charge in [0.25, 0.3) is 5.56 Å². The van der Waals surface area contributed by atoms with Crippen LogP contribution >= 0.6 is 61.5 Å². The predicted octanol–water partition coefficient (Wildman–Crippen LogP) is 4.54. The van der Waals surface area contributed by atoms with Crippen molar-refractivity contribution in [2.24, 2.45) is 4.99 Å². The molecular formula is C25H21BrClIN2O6S. The zero-order valence-corrected chi connectivity index (χ0v) is 25.4. The number of carbonyl (C=O) groups is 1. The van der Waals surface area contributed by atoms with Crippen molar-refractivity contribution in [2.45, 2.75) is 19.9 Å². The number of carbonyl (C=O) groups excluding carboxylic acids is 1. The van der Waals surface area contributed by atoms with Crippen molar-refractivity contribution in [1.82, 2.24) is 4.57 Å². The van der Waals surface area contributed by atoms with Crippen LogP contribution in [0.5, 0.6) is 17.2 Å². The molecule has 1 aromatic heterocycles. The van der Waals surface area contributed by atoms with Crippen molar-refractivity contribution in [2.75, 3.05) is 20.8 Å². The van der Waals surface area contributed by atoms with E-state index < -0.39 is 12.0 Å². The maximum Gasteiger partial charge on any atom is 0.338 e. The van der Waals surface area contributed by atoms with E-state index in [1.165, 1.54) is 18.8 Å². The number of thiazole rings is 1. The molecule has 0 radical (unpaired) electrons. The number of fused-ring (bicyclic) bond motifs is 1. The Morgan fingerprint density at radius 3 is 2.59 bits per heavy atom. The number of hydrogen-bond donors (Lipinski definition) is 1. The molecule has 1 atom stereocenters. The summed E-state index contributed by atoms with van der Waals surface area (Å²) in [4.78, 5) is 31.9. The number of phenolic OH excluding ortho intramolecular Hbond substituents is 1. The van der Waals surface area contributed by atoms with Crippen LogP contribution in [0.25, 0.3) is 6.08 Å². The van der Waals surface area contributed by atoms with Gasteiger partial charge < -0.3 is 19.3 Å². The van der Waals surface area contributed by atoms with Gasteiger partial charge >= 0.3 is 5.97 Å². The van der Waals surface area contributed by atoms with Gasteiger partial charge in [0.05, 0.1) is 46.2 Å². The minimum Gasteiger partial charge on any atom is -0.506 e. The number of phenols is 1. The molecule has 1 N–H and O–H groups in total. The molecule has 1 aliphatic heterocycles. The number of methoxy groups -OCH3 is 2. The summed E-state index contributed by atoms with van der Waals surface area (Å²) in [6.07, 6.45) is 1.57. The fourth-order valence-electron chi connectivity index (χ4n) is 4.00. The predicted molar refractivity (Wildman–Crippen MR) is 153 cm³/mol. The highest BCUT2D eigenvalue weighted by Gasteiger charge is 2.35. The lowest BCUT2D eigenvalue weighted by Crippen LogP contribution is -2.40. The van der Waals surface area contributed by atoms with Gasteiger partial charge in [-0.25, -0.2) is 9.79 Å². The summed E-state index contributed by atoms with van der Waals surface area (Å²) < 4.78 is 19.2. The van der Waals surface area contributed by atoms with Gasteiger partial charge in [-0.15, -0.1) is 0 Å². The highest BCUT2D eigenvalue weighted by Crippen LogP contribution is 2.40. The van der Waals surface area contributed by atoms with Crippen LogP contribution in [0.15, 0.2) is 49.8 Å². The molecule has 8 nitrogen and oxygen atoms in total. The van der Waals surface area contributed by atoms with Crippen LogP contribution in [0, 0.1) is 3.57 Å². The van der Waals surface area contributed by atoms with Gasteiger partial charge in [0.2, 0.25) is 0 Å². The first-order chi connectivity index (χ1) is 17.6. The average molecular weight is 720 g/mol. The molecule has 4 rings (SSSR count). The fraction of sp³-hybridized carbons (Fsp3) is 0.240. The minimum atomic E-state index is -0.861. The summed E-state index contributed by atoms with van der Waals surface area (Å²) >= 11 is 12.9. The molecule has 1 aliphatic rings. The van der Waals surface area contributed by atoms with Crippen LogP contribution in [0.2, 0.25) is 5.02 Å². The van der Waals surface area contributed by atoms with Crippen molar-refractivity contribution in [3.63, 3.8) is 0 Å². The lowest BCUT2D eigenvalue weighted by molar-refractivity contribution is -0.139. The van der Waals surface area contributed by atoms with Gasteiger partial charge in [-0.2, -0.15) is 0 Å². The van der Waals surface area contributed by atoms with E-state index in [4.69, 9.17) is 25.8 Å². The zero-order chi connectivity index (χ0) is 27.0. The maximum absolute atomic E-state index is 13.8. The number of aromatic hydroxyl groups is 1.